The van der Waals surface area contributed by atoms with Crippen molar-refractivity contribution in [2.45, 2.75) is 32.3 Å². The van der Waals surface area contributed by atoms with Gasteiger partial charge < -0.3 is 14.4 Å². The zero-order valence-corrected chi connectivity index (χ0v) is 15.3. The number of carboxylic acids is 1. The molecule has 1 aromatic carbocycles. The van der Waals surface area contributed by atoms with E-state index in [0.717, 1.165) is 0 Å². The maximum Gasteiger partial charge on any atom is 0.303 e. The molecule has 0 radical (unpaired) electrons. The van der Waals surface area contributed by atoms with Gasteiger partial charge in [0.25, 0.3) is 0 Å². The molecule has 0 aliphatic heterocycles. The van der Waals surface area contributed by atoms with Crippen molar-refractivity contribution >= 4 is 40.1 Å². The van der Waals surface area contributed by atoms with Gasteiger partial charge in [0.05, 0.1) is 22.2 Å². The summed E-state index contributed by atoms with van der Waals surface area (Å²) in [4.78, 5) is 19.1. The molecule has 3 rings (SSSR count). The Labute approximate surface area is 158 Å². The minimum Gasteiger partial charge on any atom is -0.481 e. The molecule has 1 unspecified atom stereocenters. The first-order chi connectivity index (χ1) is 12.5. The Bertz CT molecular complexity index is 928. The van der Waals surface area contributed by atoms with Gasteiger partial charge >= 0.3 is 5.97 Å². The number of hydrogen-bond acceptors (Lipinski definition) is 6. The van der Waals surface area contributed by atoms with Crippen molar-refractivity contribution in [1.82, 2.24) is 15.1 Å². The number of carbonyl (C=O) groups is 1. The Morgan fingerprint density at radius 1 is 1.31 bits per heavy atom. The number of aliphatic carboxylic acids is 1. The van der Waals surface area contributed by atoms with Gasteiger partial charge in [-0.05, 0) is 12.5 Å². The van der Waals surface area contributed by atoms with Crippen molar-refractivity contribution in [1.29, 1.82) is 0 Å². The summed E-state index contributed by atoms with van der Waals surface area (Å²) in [5.74, 6) is -0.000709. The van der Waals surface area contributed by atoms with Crippen molar-refractivity contribution < 1.29 is 19.2 Å². The summed E-state index contributed by atoms with van der Waals surface area (Å²) in [6.45, 7) is 1.94. The first-order valence-corrected chi connectivity index (χ1v) is 8.67. The summed E-state index contributed by atoms with van der Waals surface area (Å²) in [5.41, 5.74) is 1.01. The third kappa shape index (κ3) is 4.05. The number of aryl methyl sites for hydroxylation is 1. The second-order valence-corrected chi connectivity index (χ2v) is 6.42. The predicted octanol–water partition coefficient (Wildman–Crippen LogP) is 4.47. The van der Waals surface area contributed by atoms with E-state index in [0.29, 0.717) is 44.7 Å². The van der Waals surface area contributed by atoms with Crippen LogP contribution in [0.3, 0.4) is 0 Å². The third-order valence-corrected chi connectivity index (χ3v) is 4.23. The lowest BCUT2D eigenvalue weighted by atomic mass is 10.1. The van der Waals surface area contributed by atoms with Gasteiger partial charge in [-0.2, -0.15) is 0 Å². The van der Waals surface area contributed by atoms with E-state index < -0.39 is 12.1 Å². The Morgan fingerprint density at radius 2 is 2.04 bits per heavy atom. The summed E-state index contributed by atoms with van der Waals surface area (Å²) >= 11 is 12.2. The summed E-state index contributed by atoms with van der Waals surface area (Å²) in [7, 11) is 0. The highest BCUT2D eigenvalue weighted by Crippen LogP contribution is 2.35. The highest BCUT2D eigenvalue weighted by molar-refractivity contribution is 6.32. The molecular weight excluding hydrogens is 381 g/mol. The summed E-state index contributed by atoms with van der Waals surface area (Å²) in [6.07, 6.45) is 3.45. The number of halogens is 2. The maximum absolute atomic E-state index is 10.7. The SMILES string of the molecule is CCC(Oc1cc2onc(CCC(=O)O)c2cc1Cl)c1ncc(Cl)cn1. The zero-order valence-electron chi connectivity index (χ0n) is 13.8. The van der Waals surface area contributed by atoms with Crippen molar-refractivity contribution in [2.24, 2.45) is 0 Å². The van der Waals surface area contributed by atoms with Crippen LogP contribution in [0.25, 0.3) is 11.0 Å². The molecule has 0 aliphatic rings. The molecule has 1 atom stereocenters. The lowest BCUT2D eigenvalue weighted by molar-refractivity contribution is -0.136. The zero-order chi connectivity index (χ0) is 18.7. The van der Waals surface area contributed by atoms with Gasteiger partial charge in [0.15, 0.2) is 17.5 Å². The number of rotatable bonds is 7. The van der Waals surface area contributed by atoms with Crippen LogP contribution in [-0.2, 0) is 11.2 Å². The van der Waals surface area contributed by atoms with Gasteiger partial charge in [0, 0.05) is 30.3 Å². The number of ether oxygens (including phenoxy) is 1. The topological polar surface area (TPSA) is 98.3 Å². The minimum absolute atomic E-state index is 0.0384. The van der Waals surface area contributed by atoms with Crippen LogP contribution in [0.4, 0.5) is 0 Å². The smallest absolute Gasteiger partial charge is 0.303 e. The van der Waals surface area contributed by atoms with Gasteiger partial charge in [-0.1, -0.05) is 35.3 Å². The molecule has 0 saturated carbocycles. The fourth-order valence-corrected chi connectivity index (χ4v) is 2.75. The third-order valence-electron chi connectivity index (χ3n) is 3.74. The Balaban J connectivity index is 1.86. The molecule has 26 heavy (non-hydrogen) atoms. The first-order valence-electron chi connectivity index (χ1n) is 7.91. The summed E-state index contributed by atoms with van der Waals surface area (Å²) < 4.78 is 11.2. The number of fused-ring (bicyclic) bond motifs is 1. The van der Waals surface area contributed by atoms with Gasteiger partial charge in [-0.3, -0.25) is 4.79 Å². The fraction of sp³-hybridized carbons (Fsp3) is 0.294. The number of carboxylic acid groups (broad SMARTS) is 1. The molecule has 136 valence electrons. The molecule has 0 fully saturated rings. The van der Waals surface area contributed by atoms with Gasteiger partial charge in [0.2, 0.25) is 0 Å². The monoisotopic (exact) mass is 395 g/mol. The Kier molecular flexibility index (Phi) is 5.58. The Morgan fingerprint density at radius 3 is 2.69 bits per heavy atom. The molecule has 0 amide bonds. The van der Waals surface area contributed by atoms with Gasteiger partial charge in [0.1, 0.15) is 5.75 Å². The van der Waals surface area contributed by atoms with Gasteiger partial charge in [-0.15, -0.1) is 0 Å². The van der Waals surface area contributed by atoms with Crippen LogP contribution < -0.4 is 4.74 Å². The maximum atomic E-state index is 10.7. The molecule has 9 heteroatoms. The first kappa shape index (κ1) is 18.4. The molecular formula is C17H15Cl2N3O4. The largest absolute Gasteiger partial charge is 0.481 e. The lowest BCUT2D eigenvalue weighted by Crippen LogP contribution is -2.10. The molecule has 2 heterocycles. The number of aromatic nitrogens is 3. The van der Waals surface area contributed by atoms with E-state index >= 15 is 0 Å². The van der Waals surface area contributed by atoms with Crippen LogP contribution in [-0.4, -0.2) is 26.2 Å². The van der Waals surface area contributed by atoms with Crippen LogP contribution in [0.15, 0.2) is 29.0 Å². The quantitative estimate of drug-likeness (QED) is 0.629. The average molecular weight is 396 g/mol. The van der Waals surface area contributed by atoms with E-state index in [9.17, 15) is 4.79 Å². The van der Waals surface area contributed by atoms with Crippen molar-refractivity contribution in [3.8, 4) is 5.75 Å². The van der Waals surface area contributed by atoms with Crippen molar-refractivity contribution in [3.63, 3.8) is 0 Å². The molecule has 7 nitrogen and oxygen atoms in total. The van der Waals surface area contributed by atoms with Crippen LogP contribution in [0.2, 0.25) is 10.0 Å². The summed E-state index contributed by atoms with van der Waals surface area (Å²) in [5, 5.41) is 14.2. The standard InChI is InChI=1S/C17H15Cl2N3O4/c1-2-13(17-20-7-9(18)8-21-17)25-15-6-14-10(5-11(15)19)12(22-26-14)3-4-16(23)24/h5-8,13H,2-4H2,1H3,(H,23,24). The minimum atomic E-state index is -0.902. The molecule has 2 aromatic heterocycles. The van der Waals surface area contributed by atoms with Crippen LogP contribution >= 0.6 is 23.2 Å². The molecule has 0 aliphatic carbocycles. The molecule has 0 saturated heterocycles. The van der Waals surface area contributed by atoms with Crippen molar-refractivity contribution in [3.05, 3.63) is 46.1 Å². The van der Waals surface area contributed by atoms with Crippen molar-refractivity contribution in [2.75, 3.05) is 0 Å². The molecule has 1 N–H and O–H groups in total. The van der Waals surface area contributed by atoms with Crippen LogP contribution in [0.1, 0.15) is 37.4 Å². The predicted molar refractivity (Wildman–Crippen MR) is 95.7 cm³/mol. The lowest BCUT2D eigenvalue weighted by Gasteiger charge is -2.17. The van der Waals surface area contributed by atoms with E-state index in [-0.39, 0.29) is 12.8 Å². The summed E-state index contributed by atoms with van der Waals surface area (Å²) in [6, 6.07) is 3.29. The average Bonchev–Trinajstić information content (AvgIpc) is 3.00. The number of benzene rings is 1. The second-order valence-electron chi connectivity index (χ2n) is 5.58. The molecule has 3 aromatic rings. The van der Waals surface area contributed by atoms with E-state index in [1.165, 1.54) is 12.4 Å². The molecule has 0 bridgehead atoms. The van der Waals surface area contributed by atoms with Gasteiger partial charge in [-0.25, -0.2) is 9.97 Å². The highest BCUT2D eigenvalue weighted by atomic mass is 35.5. The van der Waals surface area contributed by atoms with E-state index in [1.807, 2.05) is 6.92 Å². The van der Waals surface area contributed by atoms with E-state index in [2.05, 4.69) is 15.1 Å². The van der Waals surface area contributed by atoms with E-state index in [4.69, 9.17) is 37.6 Å². The van der Waals surface area contributed by atoms with Crippen LogP contribution in [0.5, 0.6) is 5.75 Å². The number of hydrogen-bond donors (Lipinski definition) is 1. The second kappa shape index (κ2) is 7.88. The number of nitrogens with zero attached hydrogens (tertiary/aromatic N) is 3. The van der Waals surface area contributed by atoms with E-state index in [1.54, 1.807) is 12.1 Å². The highest BCUT2D eigenvalue weighted by Gasteiger charge is 2.19. The fourth-order valence-electron chi connectivity index (χ4n) is 2.45. The molecule has 0 spiro atoms. The Hall–Kier alpha value is -2.38. The normalized spacial score (nSPS) is 12.3. The van der Waals surface area contributed by atoms with Crippen LogP contribution in [0, 0.1) is 0 Å².